The van der Waals surface area contributed by atoms with Gasteiger partial charge in [-0.3, -0.25) is 0 Å². The molecule has 1 saturated carbocycles. The summed E-state index contributed by atoms with van der Waals surface area (Å²) in [6.45, 7) is 3.02. The number of hydrogen-bond donors (Lipinski definition) is 1. The smallest absolute Gasteiger partial charge is 0.137 e. The summed E-state index contributed by atoms with van der Waals surface area (Å²) in [5.41, 5.74) is 1.01. The third-order valence-electron chi connectivity index (χ3n) is 3.97. The minimum absolute atomic E-state index is 0.177. The average Bonchev–Trinajstić information content (AvgIpc) is 2.41. The highest BCUT2D eigenvalue weighted by Gasteiger charge is 2.20. The Bertz CT molecular complexity index is 394. The van der Waals surface area contributed by atoms with Crippen LogP contribution in [0, 0.1) is 11.7 Å². The molecule has 1 N–H and O–H groups in total. The van der Waals surface area contributed by atoms with Crippen LogP contribution in [0.15, 0.2) is 22.7 Å². The summed E-state index contributed by atoms with van der Waals surface area (Å²) in [5, 5.41) is 3.57. The summed E-state index contributed by atoms with van der Waals surface area (Å²) < 4.78 is 14.0. The van der Waals surface area contributed by atoms with E-state index in [0.29, 0.717) is 10.5 Å². The molecule has 1 aromatic rings. The summed E-state index contributed by atoms with van der Waals surface area (Å²) in [7, 11) is 0. The molecule has 1 aromatic carbocycles. The highest BCUT2D eigenvalue weighted by atomic mass is 79.9. The van der Waals surface area contributed by atoms with E-state index >= 15 is 0 Å². The van der Waals surface area contributed by atoms with Gasteiger partial charge in [0.05, 0.1) is 4.47 Å². The minimum Gasteiger partial charge on any atom is -0.310 e. The van der Waals surface area contributed by atoms with Crippen LogP contribution in [0.4, 0.5) is 4.39 Å². The van der Waals surface area contributed by atoms with Crippen molar-refractivity contribution < 1.29 is 4.39 Å². The molecule has 1 nitrogen and oxygen atoms in total. The molecule has 0 aromatic heterocycles. The van der Waals surface area contributed by atoms with E-state index in [1.165, 1.54) is 38.2 Å². The zero-order chi connectivity index (χ0) is 13.0. The van der Waals surface area contributed by atoms with Gasteiger partial charge in [0.2, 0.25) is 0 Å². The first-order chi connectivity index (χ1) is 8.70. The van der Waals surface area contributed by atoms with Crippen molar-refractivity contribution in [1.29, 1.82) is 0 Å². The largest absolute Gasteiger partial charge is 0.310 e. The number of halogens is 2. The van der Waals surface area contributed by atoms with Crippen LogP contribution in [0.1, 0.15) is 44.6 Å². The van der Waals surface area contributed by atoms with Crippen LogP contribution >= 0.6 is 15.9 Å². The van der Waals surface area contributed by atoms with Gasteiger partial charge in [-0.2, -0.15) is 0 Å². The Morgan fingerprint density at radius 2 is 2.22 bits per heavy atom. The maximum atomic E-state index is 13.4. The van der Waals surface area contributed by atoms with E-state index in [4.69, 9.17) is 0 Å². The lowest BCUT2D eigenvalue weighted by Crippen LogP contribution is -2.33. The van der Waals surface area contributed by atoms with Crippen molar-refractivity contribution in [2.45, 2.75) is 51.6 Å². The second-order valence-corrected chi connectivity index (χ2v) is 6.02. The predicted molar refractivity (Wildman–Crippen MR) is 77.0 cm³/mol. The zero-order valence-corrected chi connectivity index (χ0v) is 12.5. The molecule has 0 saturated heterocycles. The van der Waals surface area contributed by atoms with Crippen molar-refractivity contribution in [2.75, 3.05) is 0 Å². The standard InChI is InChI=1S/C15H21BrFN/c1-2-11-5-3-7-13(9-11)18-10-12-6-4-8-14(17)15(12)16/h4,6,8,11,13,18H,2-3,5,7,9-10H2,1H3. The number of benzene rings is 1. The summed E-state index contributed by atoms with van der Waals surface area (Å²) in [6.07, 6.45) is 6.49. The first-order valence-corrected chi connectivity index (χ1v) is 7.66. The molecule has 18 heavy (non-hydrogen) atoms. The topological polar surface area (TPSA) is 12.0 Å². The van der Waals surface area contributed by atoms with Crippen molar-refractivity contribution in [3.8, 4) is 0 Å². The molecule has 3 heteroatoms. The van der Waals surface area contributed by atoms with Crippen molar-refractivity contribution in [1.82, 2.24) is 5.32 Å². The lowest BCUT2D eigenvalue weighted by atomic mass is 9.84. The van der Waals surface area contributed by atoms with Gasteiger partial charge in [-0.1, -0.05) is 38.3 Å². The molecule has 2 atom stereocenters. The lowest BCUT2D eigenvalue weighted by molar-refractivity contribution is 0.278. The predicted octanol–water partition coefficient (Wildman–Crippen LogP) is 4.65. The highest BCUT2D eigenvalue weighted by molar-refractivity contribution is 9.10. The monoisotopic (exact) mass is 313 g/mol. The third-order valence-corrected chi connectivity index (χ3v) is 4.86. The molecule has 0 amide bonds. The van der Waals surface area contributed by atoms with E-state index in [1.807, 2.05) is 6.07 Å². The van der Waals surface area contributed by atoms with Gasteiger partial charge in [0.15, 0.2) is 0 Å². The Labute approximate surface area is 117 Å². The molecule has 0 heterocycles. The fourth-order valence-corrected chi connectivity index (χ4v) is 3.19. The second kappa shape index (κ2) is 6.67. The molecule has 1 fully saturated rings. The fourth-order valence-electron chi connectivity index (χ4n) is 2.79. The third kappa shape index (κ3) is 3.55. The van der Waals surface area contributed by atoms with E-state index < -0.39 is 0 Å². The molecule has 0 bridgehead atoms. The van der Waals surface area contributed by atoms with E-state index in [2.05, 4.69) is 28.2 Å². The van der Waals surface area contributed by atoms with Crippen LogP contribution in [-0.4, -0.2) is 6.04 Å². The number of nitrogens with one attached hydrogen (secondary N) is 1. The molecule has 1 aliphatic carbocycles. The summed E-state index contributed by atoms with van der Waals surface area (Å²) in [4.78, 5) is 0. The maximum absolute atomic E-state index is 13.4. The van der Waals surface area contributed by atoms with Crippen molar-refractivity contribution in [3.05, 3.63) is 34.1 Å². The molecular weight excluding hydrogens is 293 g/mol. The Balaban J connectivity index is 1.89. The van der Waals surface area contributed by atoms with Gasteiger partial charge in [0.25, 0.3) is 0 Å². The van der Waals surface area contributed by atoms with E-state index in [-0.39, 0.29) is 5.82 Å². The van der Waals surface area contributed by atoms with Crippen LogP contribution in [0.5, 0.6) is 0 Å². The first kappa shape index (κ1) is 14.0. The number of hydrogen-bond acceptors (Lipinski definition) is 1. The lowest BCUT2D eigenvalue weighted by Gasteiger charge is -2.29. The van der Waals surface area contributed by atoms with Gasteiger partial charge in [-0.25, -0.2) is 4.39 Å². The molecule has 0 aliphatic heterocycles. The maximum Gasteiger partial charge on any atom is 0.137 e. The van der Waals surface area contributed by atoms with Gasteiger partial charge in [-0.15, -0.1) is 0 Å². The van der Waals surface area contributed by atoms with Gasteiger partial charge in [0, 0.05) is 12.6 Å². The molecule has 0 spiro atoms. The first-order valence-electron chi connectivity index (χ1n) is 6.87. The average molecular weight is 314 g/mol. The van der Waals surface area contributed by atoms with Crippen molar-refractivity contribution in [3.63, 3.8) is 0 Å². The Hall–Kier alpha value is -0.410. The summed E-state index contributed by atoms with van der Waals surface area (Å²) in [5.74, 6) is 0.691. The molecule has 0 radical (unpaired) electrons. The molecular formula is C15H21BrFN. The van der Waals surface area contributed by atoms with Gasteiger partial charge in [0.1, 0.15) is 5.82 Å². The van der Waals surface area contributed by atoms with Crippen LogP contribution in [0.25, 0.3) is 0 Å². The van der Waals surface area contributed by atoms with Gasteiger partial charge < -0.3 is 5.32 Å². The molecule has 100 valence electrons. The van der Waals surface area contributed by atoms with Gasteiger partial charge in [-0.05, 0) is 46.3 Å². The van der Waals surface area contributed by atoms with Crippen molar-refractivity contribution in [2.24, 2.45) is 5.92 Å². The second-order valence-electron chi connectivity index (χ2n) is 5.23. The van der Waals surface area contributed by atoms with Crippen LogP contribution in [0.3, 0.4) is 0 Å². The molecule has 2 unspecified atom stereocenters. The zero-order valence-electron chi connectivity index (χ0n) is 10.9. The normalized spacial score (nSPS) is 24.2. The van der Waals surface area contributed by atoms with Crippen LogP contribution in [0.2, 0.25) is 0 Å². The Kier molecular flexibility index (Phi) is 5.19. The molecule has 2 rings (SSSR count). The van der Waals surface area contributed by atoms with Crippen molar-refractivity contribution >= 4 is 15.9 Å². The summed E-state index contributed by atoms with van der Waals surface area (Å²) in [6, 6.07) is 5.83. The van der Waals surface area contributed by atoms with Crippen LogP contribution < -0.4 is 5.32 Å². The summed E-state index contributed by atoms with van der Waals surface area (Å²) >= 11 is 3.32. The fraction of sp³-hybridized carbons (Fsp3) is 0.600. The van der Waals surface area contributed by atoms with Crippen LogP contribution in [-0.2, 0) is 6.54 Å². The van der Waals surface area contributed by atoms with Gasteiger partial charge >= 0.3 is 0 Å². The van der Waals surface area contributed by atoms with E-state index in [0.717, 1.165) is 18.0 Å². The minimum atomic E-state index is -0.177. The number of rotatable bonds is 4. The Morgan fingerprint density at radius 1 is 1.39 bits per heavy atom. The Morgan fingerprint density at radius 3 is 3.00 bits per heavy atom. The quantitative estimate of drug-likeness (QED) is 0.853. The van der Waals surface area contributed by atoms with E-state index in [1.54, 1.807) is 6.07 Å². The SMILES string of the molecule is CCC1CCCC(NCc2cccc(F)c2Br)C1. The van der Waals surface area contributed by atoms with E-state index in [9.17, 15) is 4.39 Å². The molecule has 1 aliphatic rings. The highest BCUT2D eigenvalue weighted by Crippen LogP contribution is 2.27.